The van der Waals surface area contributed by atoms with Crippen LogP contribution in [0.5, 0.6) is 5.75 Å². The lowest BCUT2D eigenvalue weighted by Gasteiger charge is -2.14. The van der Waals surface area contributed by atoms with Gasteiger partial charge in [-0.05, 0) is 214 Å². The number of nitrogens with zero attached hydrogens (tertiary/aromatic N) is 4. The zero-order valence-electron chi connectivity index (χ0n) is 63.9. The molecule has 12 rings (SSSR count). The molecule has 7 N–H and O–H groups in total. The number of hydrogen-bond acceptors (Lipinski definition) is 20. The lowest BCUT2D eigenvalue weighted by atomic mass is 10.00. The number of para-hydroxylation sites is 1. The monoisotopic (exact) mass is 1890 g/mol. The lowest BCUT2D eigenvalue weighted by molar-refractivity contribution is -0.114. The summed E-state index contributed by atoms with van der Waals surface area (Å²) < 4.78 is 132. The van der Waals surface area contributed by atoms with Gasteiger partial charge in [-0.3, -0.25) is 47.8 Å². The summed E-state index contributed by atoms with van der Waals surface area (Å²) in [5, 5.41) is 23.4. The van der Waals surface area contributed by atoms with Crippen LogP contribution < -0.4 is 28.9 Å². The molecule has 0 saturated heterocycles. The third kappa shape index (κ3) is 23.4. The molecule has 0 radical (unpaired) electrons. The first-order chi connectivity index (χ1) is 57.3. The Morgan fingerprint density at radius 2 is 0.697 bits per heavy atom. The van der Waals surface area contributed by atoms with Crippen molar-refractivity contribution < 1.29 is 86.6 Å². The van der Waals surface area contributed by atoms with Crippen LogP contribution in [0.1, 0.15) is 120 Å². The number of ether oxygens (including phenoxy) is 1. The fourth-order valence-electron chi connectivity index (χ4n) is 11.0. The van der Waals surface area contributed by atoms with Crippen molar-refractivity contribution in [2.24, 2.45) is 0 Å². The number of nitrogens with one attached hydrogen (secondary N) is 5. The zero-order chi connectivity index (χ0) is 89.8. The number of aromatic carboxylic acids is 2. The van der Waals surface area contributed by atoms with Crippen LogP contribution in [0.2, 0.25) is 40.2 Å². The quantitative estimate of drug-likeness (QED) is 0.0276. The second kappa shape index (κ2) is 40.0. The van der Waals surface area contributed by atoms with Crippen LogP contribution in [0.25, 0.3) is 0 Å². The van der Waals surface area contributed by atoms with E-state index in [9.17, 15) is 81.8 Å². The summed E-state index contributed by atoms with van der Waals surface area (Å²) in [7, 11) is -15.0. The number of methoxy groups -OCH3 is 1. The standard InChI is InChI=1S/C21H17Cl2N3O4S.C21H16Cl2N2O6S.C20H13Cl2FN2O5S.C20H16Cl2N2O3S/c1-12-9-15(7-8-17(12)23)31(29,30)26-19-10-14(22)11-24-20(19)21(28)16-5-3-4-6-18(16)25-13(2)27;1-11-7-14(4-6-17(11)23)32(29,30)25-18-8-12(22)10-24-19(18)20(26)16-9-13(31-2)3-5-15(16)21(27)28;1-10-7-12(5-6-14(10)22)31(29,30)25-16-8-11(21)9-24-18(16)19(26)17-13(20(27)28)3-2-4-15(17)23;1-12-9-18(24-28(26,27)14-7-8-16(21)13(2)10-14)19(23-11-12)20(25)15-5-3-4-6-17(15)22/h3-11,26H,1-2H3,(H,25,27);3-10,25H,1-2H3,(H,27,28);2-9,25H,1H3,(H,27,28);3-11,24H,1-2H3. The van der Waals surface area contributed by atoms with Gasteiger partial charge in [0.15, 0.2) is 0 Å². The van der Waals surface area contributed by atoms with E-state index < -0.39 is 97.8 Å². The van der Waals surface area contributed by atoms with Gasteiger partial charge >= 0.3 is 11.9 Å². The predicted molar refractivity (Wildman–Crippen MR) is 464 cm³/mol. The van der Waals surface area contributed by atoms with Crippen LogP contribution >= 0.6 is 92.8 Å². The average molecular weight is 1890 g/mol. The molecule has 4 aromatic heterocycles. The van der Waals surface area contributed by atoms with Crippen LogP contribution in [0, 0.1) is 40.4 Å². The van der Waals surface area contributed by atoms with Gasteiger partial charge in [0.2, 0.25) is 29.0 Å². The van der Waals surface area contributed by atoms with E-state index in [0.29, 0.717) is 47.9 Å². The van der Waals surface area contributed by atoms with Crippen molar-refractivity contribution in [3.05, 3.63) is 337 Å². The number of pyridine rings is 4. The van der Waals surface area contributed by atoms with Gasteiger partial charge in [-0.1, -0.05) is 123 Å². The summed E-state index contributed by atoms with van der Waals surface area (Å²) in [6.45, 7) is 9.71. The molecule has 122 heavy (non-hydrogen) atoms. The number of sulfonamides is 4. The topological polar surface area (TPSA) is 417 Å². The van der Waals surface area contributed by atoms with Crippen LogP contribution in [0.4, 0.5) is 32.8 Å². The number of carboxylic acid groups (broad SMARTS) is 2. The van der Waals surface area contributed by atoms with Gasteiger partial charge in [0.1, 0.15) is 34.3 Å². The summed E-state index contributed by atoms with van der Waals surface area (Å²) in [4.78, 5) is 103. The van der Waals surface area contributed by atoms with Crippen molar-refractivity contribution >= 4 is 202 Å². The maximum atomic E-state index is 14.4. The number of benzene rings is 8. The largest absolute Gasteiger partial charge is 0.497 e. The number of anilines is 5. The van der Waals surface area contributed by atoms with E-state index in [1.165, 1.54) is 136 Å². The van der Waals surface area contributed by atoms with Crippen molar-refractivity contribution in [2.75, 3.05) is 31.3 Å². The number of aromatic nitrogens is 4. The van der Waals surface area contributed by atoms with Gasteiger partial charge in [0.25, 0.3) is 40.1 Å². The van der Waals surface area contributed by atoms with Crippen molar-refractivity contribution in [3.63, 3.8) is 0 Å². The molecule has 0 aliphatic carbocycles. The van der Waals surface area contributed by atoms with E-state index in [1.807, 2.05) is 0 Å². The first-order valence-electron chi connectivity index (χ1n) is 34.6. The fourth-order valence-corrected chi connectivity index (χ4v) is 16.7. The Morgan fingerprint density at radius 1 is 0.352 bits per heavy atom. The summed E-state index contributed by atoms with van der Waals surface area (Å²) in [6.07, 6.45) is 4.94. The zero-order valence-corrected chi connectivity index (χ0v) is 73.2. The molecular formula is C82H62Cl8FN9O18S4. The normalized spacial score (nSPS) is 11.2. The highest BCUT2D eigenvalue weighted by Crippen LogP contribution is 2.35. The average Bonchev–Trinajstić information content (AvgIpc) is 0.796. The Hall–Kier alpha value is -11.5. The van der Waals surface area contributed by atoms with E-state index >= 15 is 0 Å². The van der Waals surface area contributed by atoms with E-state index in [0.717, 1.165) is 36.7 Å². The predicted octanol–water partition coefficient (Wildman–Crippen LogP) is 18.7. The lowest BCUT2D eigenvalue weighted by Crippen LogP contribution is -2.19. The van der Waals surface area contributed by atoms with E-state index in [2.05, 4.69) is 44.1 Å². The van der Waals surface area contributed by atoms with Gasteiger partial charge in [0, 0.05) is 68.5 Å². The fraction of sp³-hybridized carbons (Fsp3) is 0.0854. The molecule has 4 heterocycles. The van der Waals surface area contributed by atoms with Crippen molar-refractivity contribution in [1.82, 2.24) is 19.9 Å². The van der Waals surface area contributed by atoms with Crippen LogP contribution in [0.3, 0.4) is 0 Å². The number of ketones is 4. The van der Waals surface area contributed by atoms with E-state index in [1.54, 1.807) is 83.1 Å². The molecule has 0 atom stereocenters. The Kier molecular flexibility index (Phi) is 30.9. The van der Waals surface area contributed by atoms with Crippen LogP contribution in [0.15, 0.2) is 226 Å². The van der Waals surface area contributed by atoms with E-state index in [-0.39, 0.29) is 119 Å². The number of carbonyl (C=O) groups is 7. The molecule has 0 fully saturated rings. The molecule has 27 nitrogen and oxygen atoms in total. The minimum atomic E-state index is -4.21. The highest BCUT2D eigenvalue weighted by Gasteiger charge is 2.31. The van der Waals surface area contributed by atoms with Crippen molar-refractivity contribution in [1.29, 1.82) is 0 Å². The Balaban J connectivity index is 0.000000185. The molecule has 0 spiro atoms. The summed E-state index contributed by atoms with van der Waals surface area (Å²) in [5.41, 5.74) is 0.0989. The number of rotatable bonds is 24. The van der Waals surface area contributed by atoms with Crippen LogP contribution in [-0.4, -0.2) is 112 Å². The first-order valence-corrected chi connectivity index (χ1v) is 43.6. The molecule has 1 amide bonds. The smallest absolute Gasteiger partial charge is 0.336 e. The third-order valence-corrected chi connectivity index (χ3v) is 25.1. The highest BCUT2D eigenvalue weighted by molar-refractivity contribution is 7.93. The van der Waals surface area contributed by atoms with Gasteiger partial charge in [0.05, 0.1) is 91.9 Å². The molecule has 0 bridgehead atoms. The molecule has 0 saturated carbocycles. The van der Waals surface area contributed by atoms with Crippen LogP contribution in [-0.2, 0) is 44.9 Å². The Labute approximate surface area is 737 Å². The summed E-state index contributed by atoms with van der Waals surface area (Å²) >= 11 is 47.9. The second-order valence-corrected chi connectivity index (χ2v) is 35.9. The molecule has 12 aromatic rings. The molecule has 40 heteroatoms. The number of carboxylic acids is 2. The van der Waals surface area contributed by atoms with E-state index in [4.69, 9.17) is 97.5 Å². The van der Waals surface area contributed by atoms with Gasteiger partial charge in [-0.25, -0.2) is 62.6 Å². The highest BCUT2D eigenvalue weighted by atomic mass is 35.5. The number of amides is 1. The molecule has 0 unspecified atom stereocenters. The van der Waals surface area contributed by atoms with Crippen molar-refractivity contribution in [2.45, 2.75) is 61.1 Å². The SMILES string of the molecule is CC(=O)Nc1ccccc1C(=O)c1ncc(Cl)cc1NS(=O)(=O)c1ccc(Cl)c(C)c1.COc1ccc(C(=O)O)c(C(=O)c2ncc(Cl)cc2NS(=O)(=O)c2ccc(Cl)c(C)c2)c1.Cc1cc(S(=O)(=O)Nc2cc(Cl)cnc2C(=O)c2c(F)cccc2C(=O)O)ccc1Cl.Cc1cnc(C(=O)c2ccccc2Cl)c(NS(=O)(=O)c2ccc(Cl)c(C)c2)c1. The number of aryl methyl sites for hydroxylation is 5. The molecule has 0 aliphatic heterocycles. The second-order valence-electron chi connectivity index (χ2n) is 25.8. The number of carbonyl (C=O) groups excluding carboxylic acids is 5. The summed E-state index contributed by atoms with van der Waals surface area (Å²) in [6, 6.07) is 41.7. The maximum Gasteiger partial charge on any atom is 0.336 e. The number of hydrogen-bond donors (Lipinski definition) is 7. The molecule has 0 aliphatic rings. The summed E-state index contributed by atoms with van der Waals surface area (Å²) in [5.74, 6) is -7.11. The Morgan fingerprint density at radius 3 is 1.07 bits per heavy atom. The Bertz CT molecular complexity index is 6740. The minimum Gasteiger partial charge on any atom is -0.497 e. The number of halogens is 9. The van der Waals surface area contributed by atoms with Gasteiger partial charge in [-0.15, -0.1) is 0 Å². The minimum absolute atomic E-state index is 0.00599. The maximum absolute atomic E-state index is 14.4. The van der Waals surface area contributed by atoms with Crippen molar-refractivity contribution in [3.8, 4) is 5.75 Å². The van der Waals surface area contributed by atoms with Gasteiger partial charge < -0.3 is 20.3 Å². The first kappa shape index (κ1) is 94.4. The van der Waals surface area contributed by atoms with Gasteiger partial charge in [-0.2, -0.15) is 0 Å². The molecular weight excluding hydrogens is 1830 g/mol. The molecule has 8 aromatic carbocycles. The third-order valence-electron chi connectivity index (χ3n) is 17.0. The molecule has 630 valence electrons.